The zero-order chi connectivity index (χ0) is 20.4. The summed E-state index contributed by atoms with van der Waals surface area (Å²) in [4.78, 5) is 36.5. The Morgan fingerprint density at radius 3 is 2.76 bits per heavy atom. The van der Waals surface area contributed by atoms with Crippen LogP contribution in [0.3, 0.4) is 0 Å². The van der Waals surface area contributed by atoms with Gasteiger partial charge in [-0.15, -0.1) is 0 Å². The first-order valence-corrected chi connectivity index (χ1v) is 9.55. The van der Waals surface area contributed by atoms with Crippen LogP contribution in [0.5, 0.6) is 0 Å². The van der Waals surface area contributed by atoms with Crippen molar-refractivity contribution in [1.29, 1.82) is 0 Å². The molecule has 29 heavy (non-hydrogen) atoms. The van der Waals surface area contributed by atoms with Crippen molar-refractivity contribution in [3.05, 3.63) is 65.5 Å². The highest BCUT2D eigenvalue weighted by Crippen LogP contribution is 2.28. The second-order valence-corrected chi connectivity index (χ2v) is 7.17. The van der Waals surface area contributed by atoms with Gasteiger partial charge in [0.05, 0.1) is 11.1 Å². The van der Waals surface area contributed by atoms with Gasteiger partial charge in [0, 0.05) is 42.4 Å². The van der Waals surface area contributed by atoms with Crippen LogP contribution in [-0.2, 0) is 22.5 Å². The number of amides is 1. The lowest BCUT2D eigenvalue weighted by Crippen LogP contribution is -2.32. The maximum absolute atomic E-state index is 13.1. The molecule has 0 radical (unpaired) electrons. The first-order valence-electron chi connectivity index (χ1n) is 9.55. The zero-order valence-electron chi connectivity index (χ0n) is 16.4. The topological polar surface area (TPSA) is 84.4 Å². The highest BCUT2D eigenvalue weighted by molar-refractivity contribution is 6.06. The van der Waals surface area contributed by atoms with E-state index in [1.54, 1.807) is 31.3 Å². The number of nitrogens with one attached hydrogen (secondary N) is 1. The first kappa shape index (κ1) is 19.0. The van der Waals surface area contributed by atoms with Crippen LogP contribution >= 0.6 is 0 Å². The Morgan fingerprint density at radius 1 is 1.17 bits per heavy atom. The molecule has 2 aromatic heterocycles. The molecular weight excluding hydrogens is 368 g/mol. The van der Waals surface area contributed by atoms with Crippen molar-refractivity contribution in [2.24, 2.45) is 0 Å². The summed E-state index contributed by atoms with van der Waals surface area (Å²) in [6.45, 7) is 3.06. The minimum atomic E-state index is -0.964. The van der Waals surface area contributed by atoms with E-state index >= 15 is 0 Å². The molecule has 1 amide bonds. The zero-order valence-corrected chi connectivity index (χ0v) is 16.4. The molecule has 0 saturated heterocycles. The van der Waals surface area contributed by atoms with E-state index in [1.165, 1.54) is 0 Å². The summed E-state index contributed by atoms with van der Waals surface area (Å²) in [5.74, 6) is -0.533. The maximum Gasteiger partial charge on any atom is 0.339 e. The fourth-order valence-electron chi connectivity index (χ4n) is 3.50. The van der Waals surface area contributed by atoms with Crippen molar-refractivity contribution >= 4 is 28.6 Å². The van der Waals surface area contributed by atoms with E-state index < -0.39 is 18.0 Å². The Kier molecular flexibility index (Phi) is 5.22. The normalized spacial score (nSPS) is 14.8. The smallest absolute Gasteiger partial charge is 0.339 e. The van der Waals surface area contributed by atoms with E-state index in [4.69, 9.17) is 9.72 Å². The molecule has 7 nitrogen and oxygen atoms in total. The third-order valence-electron chi connectivity index (χ3n) is 5.01. The van der Waals surface area contributed by atoms with Gasteiger partial charge in [-0.25, -0.2) is 9.78 Å². The fraction of sp³-hybridized carbons (Fsp3) is 0.273. The van der Waals surface area contributed by atoms with Crippen LogP contribution in [0, 0.1) is 0 Å². The van der Waals surface area contributed by atoms with E-state index in [1.807, 2.05) is 31.3 Å². The molecule has 0 aliphatic carbocycles. The Labute approximate surface area is 168 Å². The number of rotatable bonds is 4. The molecule has 0 fully saturated rings. The van der Waals surface area contributed by atoms with Crippen molar-refractivity contribution in [2.75, 3.05) is 18.9 Å². The van der Waals surface area contributed by atoms with Gasteiger partial charge in [0.15, 0.2) is 6.10 Å². The molecule has 1 atom stereocenters. The van der Waals surface area contributed by atoms with Crippen LogP contribution in [0.4, 0.5) is 5.82 Å². The largest absolute Gasteiger partial charge is 0.449 e. The number of para-hydroxylation sites is 1. The number of fused-ring (bicyclic) bond motifs is 2. The van der Waals surface area contributed by atoms with E-state index in [0.29, 0.717) is 17.9 Å². The van der Waals surface area contributed by atoms with Crippen molar-refractivity contribution in [3.8, 4) is 0 Å². The van der Waals surface area contributed by atoms with Crippen molar-refractivity contribution in [2.45, 2.75) is 26.0 Å². The molecular formula is C22H22N4O3. The molecule has 3 heterocycles. The van der Waals surface area contributed by atoms with Crippen molar-refractivity contribution < 1.29 is 14.3 Å². The molecule has 7 heteroatoms. The highest BCUT2D eigenvalue weighted by atomic mass is 16.5. The van der Waals surface area contributed by atoms with Gasteiger partial charge in [-0.3, -0.25) is 9.78 Å². The molecule has 1 aromatic carbocycles. The molecule has 1 N–H and O–H groups in total. The molecule has 0 saturated carbocycles. The minimum absolute atomic E-state index is 0.411. The van der Waals surface area contributed by atoms with Crippen LogP contribution in [0.25, 0.3) is 10.9 Å². The molecule has 0 bridgehead atoms. The second-order valence-electron chi connectivity index (χ2n) is 7.17. The third kappa shape index (κ3) is 3.95. The van der Waals surface area contributed by atoms with Gasteiger partial charge >= 0.3 is 5.97 Å². The van der Waals surface area contributed by atoms with Gasteiger partial charge < -0.3 is 15.0 Å². The lowest BCUT2D eigenvalue weighted by atomic mass is 9.96. The quantitative estimate of drug-likeness (QED) is 0.690. The van der Waals surface area contributed by atoms with E-state index in [-0.39, 0.29) is 0 Å². The highest BCUT2D eigenvalue weighted by Gasteiger charge is 2.27. The number of pyridine rings is 2. The summed E-state index contributed by atoms with van der Waals surface area (Å²) < 4.78 is 5.55. The lowest BCUT2D eigenvalue weighted by Gasteiger charge is -2.27. The van der Waals surface area contributed by atoms with E-state index in [2.05, 4.69) is 15.2 Å². The van der Waals surface area contributed by atoms with Crippen LogP contribution in [0.15, 0.2) is 48.7 Å². The van der Waals surface area contributed by atoms with Crippen LogP contribution < -0.4 is 5.32 Å². The number of nitrogens with zero attached hydrogens (tertiary/aromatic N) is 3. The summed E-state index contributed by atoms with van der Waals surface area (Å²) in [6, 6.07) is 12.7. The number of anilines is 1. The van der Waals surface area contributed by atoms with Crippen LogP contribution in [-0.4, -0.2) is 46.4 Å². The number of ether oxygens (including phenoxy) is 1. The number of hydrogen-bond donors (Lipinski definition) is 1. The standard InChI is InChI=1S/C22H22N4O3/c1-14(21(27)25-19-9-5-6-11-23-19)29-22(28)20-15-7-3-4-8-17(15)24-18-10-12-26(2)13-16(18)20/h3-9,11,14H,10,12-13H2,1-2H3,(H,23,25,27). The molecule has 0 spiro atoms. The molecule has 148 valence electrons. The van der Waals surface area contributed by atoms with Gasteiger partial charge in [-0.2, -0.15) is 0 Å². The van der Waals surface area contributed by atoms with Crippen LogP contribution in [0.1, 0.15) is 28.5 Å². The summed E-state index contributed by atoms with van der Waals surface area (Å²) in [5.41, 5.74) is 3.04. The average molecular weight is 390 g/mol. The number of carbonyl (C=O) groups excluding carboxylic acids is 2. The monoisotopic (exact) mass is 390 g/mol. The third-order valence-corrected chi connectivity index (χ3v) is 5.01. The number of hydrogen-bond acceptors (Lipinski definition) is 6. The Balaban J connectivity index is 1.62. The molecule has 1 aliphatic rings. The molecule has 1 unspecified atom stereocenters. The van der Waals surface area contributed by atoms with Gasteiger partial charge in [0.1, 0.15) is 5.82 Å². The summed E-state index contributed by atoms with van der Waals surface area (Å²) in [7, 11) is 2.01. The fourth-order valence-corrected chi connectivity index (χ4v) is 3.50. The maximum atomic E-state index is 13.1. The predicted molar refractivity (Wildman–Crippen MR) is 110 cm³/mol. The molecule has 1 aliphatic heterocycles. The van der Waals surface area contributed by atoms with Gasteiger partial charge in [0.2, 0.25) is 0 Å². The summed E-state index contributed by atoms with van der Waals surface area (Å²) in [6.07, 6.45) is 1.39. The van der Waals surface area contributed by atoms with Gasteiger partial charge in [-0.05, 0) is 32.2 Å². The van der Waals surface area contributed by atoms with Gasteiger partial charge in [-0.1, -0.05) is 24.3 Å². The van der Waals surface area contributed by atoms with Crippen molar-refractivity contribution in [3.63, 3.8) is 0 Å². The Morgan fingerprint density at radius 2 is 1.97 bits per heavy atom. The number of esters is 1. The Hall–Kier alpha value is -3.32. The lowest BCUT2D eigenvalue weighted by molar-refractivity contribution is -0.123. The minimum Gasteiger partial charge on any atom is -0.449 e. The molecule has 4 rings (SSSR count). The number of carbonyl (C=O) groups is 2. The predicted octanol–water partition coefficient (Wildman–Crippen LogP) is 2.80. The van der Waals surface area contributed by atoms with E-state index in [9.17, 15) is 9.59 Å². The van der Waals surface area contributed by atoms with Gasteiger partial charge in [0.25, 0.3) is 5.91 Å². The first-order chi connectivity index (χ1) is 14.0. The molecule has 3 aromatic rings. The summed E-state index contributed by atoms with van der Waals surface area (Å²) in [5, 5.41) is 3.40. The van der Waals surface area contributed by atoms with Crippen LogP contribution in [0.2, 0.25) is 0 Å². The second kappa shape index (κ2) is 7.97. The SMILES string of the molecule is CC(OC(=O)c1c2c(nc3ccccc13)CCN(C)C2)C(=O)Nc1ccccn1. The van der Waals surface area contributed by atoms with E-state index in [0.717, 1.165) is 35.1 Å². The number of likely N-dealkylation sites (N-methyl/N-ethyl adjacent to an activating group) is 1. The van der Waals surface area contributed by atoms with Crippen molar-refractivity contribution in [1.82, 2.24) is 14.9 Å². The number of aromatic nitrogens is 2. The number of benzene rings is 1. The average Bonchev–Trinajstić information content (AvgIpc) is 2.72. The summed E-state index contributed by atoms with van der Waals surface area (Å²) >= 11 is 0. The Bertz CT molecular complexity index is 1070.